The minimum absolute atomic E-state index is 0.0757. The molecule has 0 aromatic carbocycles. The van der Waals surface area contributed by atoms with Gasteiger partial charge in [-0.15, -0.1) is 11.3 Å². The SMILES string of the molecule is O=C(NCC1CC1)c1csc(-c2cccnc2)n1. The summed E-state index contributed by atoms with van der Waals surface area (Å²) in [5.41, 5.74) is 1.45. The lowest BCUT2D eigenvalue weighted by Crippen LogP contribution is -2.25. The lowest BCUT2D eigenvalue weighted by atomic mass is 10.3. The van der Waals surface area contributed by atoms with Crippen LogP contribution in [0, 0.1) is 5.92 Å². The summed E-state index contributed by atoms with van der Waals surface area (Å²) < 4.78 is 0. The summed E-state index contributed by atoms with van der Waals surface area (Å²) in [6.07, 6.45) is 5.95. The summed E-state index contributed by atoms with van der Waals surface area (Å²) in [4.78, 5) is 20.2. The van der Waals surface area contributed by atoms with Crippen LogP contribution in [0.1, 0.15) is 23.3 Å². The highest BCUT2D eigenvalue weighted by Gasteiger charge is 2.22. The Bertz CT molecular complexity index is 548. The maximum Gasteiger partial charge on any atom is 0.270 e. The third-order valence-electron chi connectivity index (χ3n) is 2.89. The summed E-state index contributed by atoms with van der Waals surface area (Å²) in [6, 6.07) is 3.81. The van der Waals surface area contributed by atoms with E-state index in [1.54, 1.807) is 17.8 Å². The molecule has 2 aromatic heterocycles. The second-order valence-electron chi connectivity index (χ2n) is 4.43. The van der Waals surface area contributed by atoms with Gasteiger partial charge in [-0.2, -0.15) is 0 Å². The van der Waals surface area contributed by atoms with Gasteiger partial charge in [-0.05, 0) is 30.9 Å². The van der Waals surface area contributed by atoms with Gasteiger partial charge in [-0.1, -0.05) is 0 Å². The average Bonchev–Trinajstić information content (AvgIpc) is 3.11. The number of pyridine rings is 1. The lowest BCUT2D eigenvalue weighted by molar-refractivity contribution is 0.0947. The van der Waals surface area contributed by atoms with Gasteiger partial charge in [-0.25, -0.2) is 4.98 Å². The summed E-state index contributed by atoms with van der Waals surface area (Å²) in [5.74, 6) is 0.610. The molecule has 0 atom stereocenters. The topological polar surface area (TPSA) is 54.9 Å². The molecule has 3 rings (SSSR count). The Labute approximate surface area is 109 Å². The standard InChI is InChI=1S/C13H13N3OS/c17-12(15-6-9-3-4-9)11-8-18-13(16-11)10-2-1-5-14-7-10/h1-2,5,7-9H,3-4,6H2,(H,15,17). The van der Waals surface area contributed by atoms with Crippen LogP contribution in [0.15, 0.2) is 29.9 Å². The Hall–Kier alpha value is -1.75. The Balaban J connectivity index is 1.70. The predicted octanol–water partition coefficient (Wildman–Crippen LogP) is 2.34. The highest BCUT2D eigenvalue weighted by molar-refractivity contribution is 7.13. The van der Waals surface area contributed by atoms with Gasteiger partial charge in [0.2, 0.25) is 0 Å². The van der Waals surface area contributed by atoms with Gasteiger partial charge < -0.3 is 5.32 Å². The molecule has 5 heteroatoms. The first kappa shape index (κ1) is 11.3. The van der Waals surface area contributed by atoms with E-state index in [4.69, 9.17) is 0 Å². The number of carbonyl (C=O) groups excluding carboxylic acids is 1. The zero-order chi connectivity index (χ0) is 12.4. The summed E-state index contributed by atoms with van der Waals surface area (Å²) in [6.45, 7) is 0.776. The zero-order valence-corrected chi connectivity index (χ0v) is 10.6. The summed E-state index contributed by atoms with van der Waals surface area (Å²) >= 11 is 1.47. The van der Waals surface area contributed by atoms with Gasteiger partial charge in [0.15, 0.2) is 0 Å². The molecule has 1 amide bonds. The first-order valence-corrected chi connectivity index (χ1v) is 6.85. The molecular weight excluding hydrogens is 246 g/mol. The zero-order valence-electron chi connectivity index (χ0n) is 9.80. The summed E-state index contributed by atoms with van der Waals surface area (Å²) in [7, 11) is 0. The van der Waals surface area contributed by atoms with Crippen LogP contribution in [-0.4, -0.2) is 22.4 Å². The van der Waals surface area contributed by atoms with Gasteiger partial charge in [0.05, 0.1) is 0 Å². The van der Waals surface area contributed by atoms with Crippen LogP contribution in [0.5, 0.6) is 0 Å². The van der Waals surface area contributed by atoms with Crippen molar-refractivity contribution in [2.45, 2.75) is 12.8 Å². The molecule has 2 aromatic rings. The van der Waals surface area contributed by atoms with E-state index in [-0.39, 0.29) is 5.91 Å². The second kappa shape index (κ2) is 4.86. The smallest absolute Gasteiger partial charge is 0.270 e. The highest BCUT2D eigenvalue weighted by atomic mass is 32.1. The van der Waals surface area contributed by atoms with E-state index in [2.05, 4.69) is 15.3 Å². The van der Waals surface area contributed by atoms with Crippen molar-refractivity contribution < 1.29 is 4.79 Å². The van der Waals surface area contributed by atoms with E-state index in [0.717, 1.165) is 17.1 Å². The largest absolute Gasteiger partial charge is 0.350 e. The molecule has 0 bridgehead atoms. The monoisotopic (exact) mass is 259 g/mol. The van der Waals surface area contributed by atoms with Crippen molar-refractivity contribution in [1.82, 2.24) is 15.3 Å². The first-order valence-electron chi connectivity index (χ1n) is 5.97. The molecule has 0 spiro atoms. The third kappa shape index (κ3) is 2.56. The van der Waals surface area contributed by atoms with E-state index in [1.807, 2.05) is 12.1 Å². The van der Waals surface area contributed by atoms with Gasteiger partial charge in [0.25, 0.3) is 5.91 Å². The number of hydrogen-bond acceptors (Lipinski definition) is 4. The molecular formula is C13H13N3OS. The average molecular weight is 259 g/mol. The number of aromatic nitrogens is 2. The number of hydrogen-bond donors (Lipinski definition) is 1. The predicted molar refractivity (Wildman–Crippen MR) is 70.4 cm³/mol. The molecule has 0 aliphatic heterocycles. The Morgan fingerprint density at radius 1 is 1.50 bits per heavy atom. The van der Waals surface area contributed by atoms with Gasteiger partial charge in [-0.3, -0.25) is 9.78 Å². The lowest BCUT2D eigenvalue weighted by Gasteiger charge is -2.00. The van der Waals surface area contributed by atoms with Crippen LogP contribution in [0.4, 0.5) is 0 Å². The maximum absolute atomic E-state index is 11.8. The van der Waals surface area contributed by atoms with Crippen LogP contribution in [0.25, 0.3) is 10.6 Å². The Kier molecular flexibility index (Phi) is 3.06. The number of rotatable bonds is 4. The molecule has 0 radical (unpaired) electrons. The van der Waals surface area contributed by atoms with Crippen LogP contribution >= 0.6 is 11.3 Å². The summed E-state index contributed by atoms with van der Waals surface area (Å²) in [5, 5.41) is 5.54. The van der Waals surface area contributed by atoms with E-state index in [0.29, 0.717) is 11.6 Å². The van der Waals surface area contributed by atoms with Crippen LogP contribution < -0.4 is 5.32 Å². The van der Waals surface area contributed by atoms with Gasteiger partial charge in [0.1, 0.15) is 10.7 Å². The number of thiazole rings is 1. The molecule has 92 valence electrons. The van der Waals surface area contributed by atoms with Crippen molar-refractivity contribution in [3.8, 4) is 10.6 Å². The first-order chi connectivity index (χ1) is 8.83. The van der Waals surface area contributed by atoms with Crippen LogP contribution in [-0.2, 0) is 0 Å². The van der Waals surface area contributed by atoms with Crippen molar-refractivity contribution in [3.05, 3.63) is 35.6 Å². The number of nitrogens with zero attached hydrogens (tertiary/aromatic N) is 2. The minimum atomic E-state index is -0.0757. The number of amides is 1. The van der Waals surface area contributed by atoms with Crippen LogP contribution in [0.3, 0.4) is 0 Å². The quantitative estimate of drug-likeness (QED) is 0.917. The molecule has 4 nitrogen and oxygen atoms in total. The molecule has 1 aliphatic carbocycles. The molecule has 1 aliphatic rings. The normalized spacial score (nSPS) is 14.4. The molecule has 2 heterocycles. The van der Waals surface area contributed by atoms with Crippen molar-refractivity contribution in [1.29, 1.82) is 0 Å². The molecule has 1 fully saturated rings. The van der Waals surface area contributed by atoms with Crippen molar-refractivity contribution in [2.75, 3.05) is 6.54 Å². The number of nitrogens with one attached hydrogen (secondary N) is 1. The molecule has 18 heavy (non-hydrogen) atoms. The van der Waals surface area contributed by atoms with E-state index < -0.39 is 0 Å². The fourth-order valence-electron chi connectivity index (χ4n) is 1.65. The van der Waals surface area contributed by atoms with Crippen molar-refractivity contribution >= 4 is 17.2 Å². The molecule has 1 N–H and O–H groups in total. The third-order valence-corrected chi connectivity index (χ3v) is 3.78. The fourth-order valence-corrected chi connectivity index (χ4v) is 2.44. The number of carbonyl (C=O) groups is 1. The fraction of sp³-hybridized carbons (Fsp3) is 0.308. The minimum Gasteiger partial charge on any atom is -0.350 e. The molecule has 1 saturated carbocycles. The molecule has 0 unspecified atom stereocenters. The molecule has 0 saturated heterocycles. The van der Waals surface area contributed by atoms with Gasteiger partial charge in [0, 0.05) is 29.9 Å². The van der Waals surface area contributed by atoms with E-state index in [9.17, 15) is 4.79 Å². The van der Waals surface area contributed by atoms with Crippen LogP contribution in [0.2, 0.25) is 0 Å². The Morgan fingerprint density at radius 2 is 2.39 bits per heavy atom. The van der Waals surface area contributed by atoms with E-state index in [1.165, 1.54) is 24.2 Å². The second-order valence-corrected chi connectivity index (χ2v) is 5.29. The Morgan fingerprint density at radius 3 is 3.11 bits per heavy atom. The van der Waals surface area contributed by atoms with E-state index >= 15 is 0 Å². The van der Waals surface area contributed by atoms with Crippen molar-refractivity contribution in [2.24, 2.45) is 5.92 Å². The maximum atomic E-state index is 11.8. The van der Waals surface area contributed by atoms with Gasteiger partial charge >= 0.3 is 0 Å². The highest BCUT2D eigenvalue weighted by Crippen LogP contribution is 2.28. The van der Waals surface area contributed by atoms with Crippen molar-refractivity contribution in [3.63, 3.8) is 0 Å².